The predicted molar refractivity (Wildman–Crippen MR) is 127 cm³/mol. The van der Waals surface area contributed by atoms with Crippen molar-refractivity contribution in [1.29, 1.82) is 0 Å². The van der Waals surface area contributed by atoms with E-state index >= 15 is 0 Å². The number of aliphatic hydroxyl groups is 1. The van der Waals surface area contributed by atoms with Crippen LogP contribution in [0.3, 0.4) is 0 Å². The van der Waals surface area contributed by atoms with Crippen molar-refractivity contribution in [3.8, 4) is 0 Å². The Kier molecular flexibility index (Phi) is 6.54. The van der Waals surface area contributed by atoms with E-state index in [1.807, 2.05) is 0 Å². The van der Waals surface area contributed by atoms with E-state index in [9.17, 15) is 14.7 Å². The van der Waals surface area contributed by atoms with Gasteiger partial charge < -0.3 is 19.3 Å². The molecule has 3 aliphatic carbocycles. The van der Waals surface area contributed by atoms with Crippen molar-refractivity contribution in [2.24, 2.45) is 41.4 Å². The van der Waals surface area contributed by atoms with Crippen LogP contribution < -0.4 is 0 Å². The minimum atomic E-state index is -0.674. The summed E-state index contributed by atoms with van der Waals surface area (Å²) in [4.78, 5) is 25.8. The molecule has 2 aliphatic heterocycles. The maximum Gasteiger partial charge on any atom is 0.332 e. The lowest BCUT2D eigenvalue weighted by Crippen LogP contribution is -2.62. The van der Waals surface area contributed by atoms with Crippen LogP contribution in [0.25, 0.3) is 0 Å². The standard InChI is InChI=1S/C28H44O6/c1-16(2)28-14-22(32-23(30)15-29)27(4,34-28)21-12-9-17(3)24(21)25(28)33-26(31)20-11-10-18-7-5-6-8-19(18)13-20/h16-22,24-25,29H,5-15H2,1-4H3/t17-,18?,19?,20?,21-,22-,24-,25+,27?,28-/m1/s1. The predicted octanol–water partition coefficient (Wildman–Crippen LogP) is 4.66. The van der Waals surface area contributed by atoms with Gasteiger partial charge in [0.1, 0.15) is 30.0 Å². The first-order valence-corrected chi connectivity index (χ1v) is 13.9. The molecule has 5 aliphatic rings. The minimum absolute atomic E-state index is 0.00329. The lowest BCUT2D eigenvalue weighted by Gasteiger charge is -2.53. The zero-order valence-electron chi connectivity index (χ0n) is 21.5. The summed E-state index contributed by atoms with van der Waals surface area (Å²) in [6, 6.07) is 0. The van der Waals surface area contributed by atoms with E-state index in [1.165, 1.54) is 25.7 Å². The molecular formula is C28H44O6. The molecule has 0 aromatic heterocycles. The van der Waals surface area contributed by atoms with Gasteiger partial charge in [-0.2, -0.15) is 0 Å². The number of rotatable bonds is 5. The molecule has 2 bridgehead atoms. The summed E-state index contributed by atoms with van der Waals surface area (Å²) in [6.45, 7) is 7.98. The Bertz CT molecular complexity index is 796. The van der Waals surface area contributed by atoms with E-state index < -0.39 is 29.9 Å². The van der Waals surface area contributed by atoms with Gasteiger partial charge in [0.25, 0.3) is 0 Å². The molecule has 4 unspecified atom stereocenters. The van der Waals surface area contributed by atoms with E-state index in [1.54, 1.807) is 0 Å². The van der Waals surface area contributed by atoms with Crippen LogP contribution in [0.2, 0.25) is 0 Å². The van der Waals surface area contributed by atoms with Crippen LogP contribution in [0.1, 0.15) is 91.9 Å². The molecule has 6 heteroatoms. The number of hydrogen-bond donors (Lipinski definition) is 1. The number of esters is 2. The van der Waals surface area contributed by atoms with Crippen LogP contribution in [-0.4, -0.2) is 47.1 Å². The maximum absolute atomic E-state index is 13.7. The summed E-state index contributed by atoms with van der Waals surface area (Å²) in [5.74, 6) is 1.73. The van der Waals surface area contributed by atoms with Gasteiger partial charge in [0.15, 0.2) is 0 Å². The summed E-state index contributed by atoms with van der Waals surface area (Å²) < 4.78 is 19.2. The van der Waals surface area contributed by atoms with Crippen LogP contribution in [0.15, 0.2) is 0 Å². The second kappa shape index (κ2) is 9.06. The van der Waals surface area contributed by atoms with Crippen LogP contribution in [-0.2, 0) is 23.8 Å². The molecule has 1 N–H and O–H groups in total. The Morgan fingerprint density at radius 2 is 1.76 bits per heavy atom. The van der Waals surface area contributed by atoms with E-state index in [4.69, 9.17) is 14.2 Å². The third kappa shape index (κ3) is 3.82. The van der Waals surface area contributed by atoms with Crippen LogP contribution in [0.4, 0.5) is 0 Å². The third-order valence-electron chi connectivity index (χ3n) is 10.7. The lowest BCUT2D eigenvalue weighted by atomic mass is 9.67. The first kappa shape index (κ1) is 24.5. The quantitative estimate of drug-likeness (QED) is 0.581. The molecule has 10 atom stereocenters. The van der Waals surface area contributed by atoms with Crippen LogP contribution >= 0.6 is 0 Å². The van der Waals surface area contributed by atoms with Crippen molar-refractivity contribution in [3.05, 3.63) is 0 Å². The van der Waals surface area contributed by atoms with Gasteiger partial charge in [-0.15, -0.1) is 0 Å². The Morgan fingerprint density at radius 1 is 1.03 bits per heavy atom. The van der Waals surface area contributed by atoms with Gasteiger partial charge in [0, 0.05) is 12.3 Å². The second-order valence-corrected chi connectivity index (χ2v) is 12.6. The topological polar surface area (TPSA) is 82.1 Å². The number of ether oxygens (including phenoxy) is 3. The molecule has 2 saturated heterocycles. The summed E-state index contributed by atoms with van der Waals surface area (Å²) in [7, 11) is 0. The molecule has 34 heavy (non-hydrogen) atoms. The van der Waals surface area contributed by atoms with Gasteiger partial charge >= 0.3 is 11.9 Å². The van der Waals surface area contributed by atoms with Crippen LogP contribution in [0.5, 0.6) is 0 Å². The van der Waals surface area contributed by atoms with Crippen LogP contribution in [0, 0.1) is 41.4 Å². The Hall–Kier alpha value is -1.14. The molecule has 5 fully saturated rings. The molecule has 0 radical (unpaired) electrons. The van der Waals surface area contributed by atoms with Crippen molar-refractivity contribution in [2.75, 3.05) is 6.61 Å². The highest BCUT2D eigenvalue weighted by molar-refractivity contribution is 5.73. The molecule has 5 rings (SSSR count). The summed E-state index contributed by atoms with van der Waals surface area (Å²) >= 11 is 0. The zero-order valence-corrected chi connectivity index (χ0v) is 21.5. The summed E-state index contributed by atoms with van der Waals surface area (Å²) in [5, 5.41) is 9.34. The number of fused-ring (bicyclic) bond motifs is 5. The van der Waals surface area contributed by atoms with E-state index in [0.717, 1.165) is 38.0 Å². The average molecular weight is 477 g/mol. The molecular weight excluding hydrogens is 432 g/mol. The highest BCUT2D eigenvalue weighted by atomic mass is 16.6. The minimum Gasteiger partial charge on any atom is -0.459 e. The molecule has 0 amide bonds. The molecule has 0 aromatic rings. The maximum atomic E-state index is 13.7. The fourth-order valence-corrected chi connectivity index (χ4v) is 8.75. The highest BCUT2D eigenvalue weighted by Crippen LogP contribution is 2.63. The monoisotopic (exact) mass is 476 g/mol. The number of carbonyl (C=O) groups excluding carboxylic acids is 2. The van der Waals surface area contributed by atoms with Gasteiger partial charge in [0.05, 0.1) is 5.92 Å². The molecule has 2 heterocycles. The average Bonchev–Trinajstić information content (AvgIpc) is 3.34. The van der Waals surface area contributed by atoms with E-state index in [2.05, 4.69) is 27.7 Å². The van der Waals surface area contributed by atoms with E-state index in [-0.39, 0.29) is 35.7 Å². The van der Waals surface area contributed by atoms with Crippen molar-refractivity contribution in [1.82, 2.24) is 0 Å². The Labute approximate surface area is 204 Å². The fraction of sp³-hybridized carbons (Fsp3) is 0.929. The van der Waals surface area contributed by atoms with Crippen molar-refractivity contribution < 1.29 is 28.9 Å². The first-order chi connectivity index (χ1) is 16.2. The Balaban J connectivity index is 1.41. The first-order valence-electron chi connectivity index (χ1n) is 13.9. The van der Waals surface area contributed by atoms with E-state index in [0.29, 0.717) is 18.3 Å². The fourth-order valence-electron chi connectivity index (χ4n) is 8.75. The summed E-state index contributed by atoms with van der Waals surface area (Å²) in [5.41, 5.74) is -1.29. The molecule has 0 aromatic carbocycles. The van der Waals surface area contributed by atoms with Crippen molar-refractivity contribution in [3.63, 3.8) is 0 Å². The van der Waals surface area contributed by atoms with Gasteiger partial charge in [-0.05, 0) is 68.6 Å². The number of aliphatic hydroxyl groups excluding tert-OH is 1. The van der Waals surface area contributed by atoms with Gasteiger partial charge in [-0.1, -0.05) is 46.5 Å². The van der Waals surface area contributed by atoms with Gasteiger partial charge in [0.2, 0.25) is 0 Å². The normalized spacial score (nSPS) is 47.7. The molecule has 0 spiro atoms. The number of carbonyl (C=O) groups is 2. The Morgan fingerprint density at radius 3 is 2.47 bits per heavy atom. The SMILES string of the molecule is CC(C)[C@@]12C[C@@H](OC(=O)CO)C(C)(O1)[C@@H]1CC[C@@H](C)[C@H]1[C@@H]2OC(=O)C1CCC2CCCCC2C1. The number of hydrogen-bond acceptors (Lipinski definition) is 6. The van der Waals surface area contributed by atoms with Gasteiger partial charge in [-0.3, -0.25) is 4.79 Å². The second-order valence-electron chi connectivity index (χ2n) is 12.6. The molecule has 3 saturated carbocycles. The van der Waals surface area contributed by atoms with Gasteiger partial charge in [-0.25, -0.2) is 4.79 Å². The van der Waals surface area contributed by atoms with Crippen molar-refractivity contribution in [2.45, 2.75) is 115 Å². The molecule has 6 nitrogen and oxygen atoms in total. The zero-order chi connectivity index (χ0) is 24.3. The highest BCUT2D eigenvalue weighted by Gasteiger charge is 2.72. The lowest BCUT2D eigenvalue weighted by molar-refractivity contribution is -0.267. The largest absolute Gasteiger partial charge is 0.459 e. The smallest absolute Gasteiger partial charge is 0.332 e. The summed E-state index contributed by atoms with van der Waals surface area (Å²) in [6.07, 6.45) is 10.1. The van der Waals surface area contributed by atoms with Crippen molar-refractivity contribution >= 4 is 11.9 Å². The third-order valence-corrected chi connectivity index (χ3v) is 10.7. The molecule has 192 valence electrons.